The molecular formula is C36H31N3O. The summed E-state index contributed by atoms with van der Waals surface area (Å²) in [6.45, 7) is 0.946. The number of aromatic nitrogens is 2. The molecule has 196 valence electrons. The molecule has 6 rings (SSSR count). The summed E-state index contributed by atoms with van der Waals surface area (Å²) in [7, 11) is 0. The van der Waals surface area contributed by atoms with Gasteiger partial charge in [0.05, 0.1) is 12.2 Å². The van der Waals surface area contributed by atoms with Crippen molar-refractivity contribution in [2.24, 2.45) is 0 Å². The fraction of sp³-hybridized carbons (Fsp3) is 0.0833. The number of anilines is 1. The minimum atomic E-state index is -1.42. The van der Waals surface area contributed by atoms with Crippen LogP contribution in [0.25, 0.3) is 16.8 Å². The summed E-state index contributed by atoms with van der Waals surface area (Å²) in [6.07, 6.45) is 3.71. The van der Waals surface area contributed by atoms with Gasteiger partial charge in [0, 0.05) is 30.2 Å². The summed E-state index contributed by atoms with van der Waals surface area (Å²) in [4.78, 5) is 7.04. The zero-order valence-electron chi connectivity index (χ0n) is 22.2. The first-order valence-electron chi connectivity index (χ1n) is 13.5. The van der Waals surface area contributed by atoms with E-state index in [1.165, 1.54) is 5.56 Å². The van der Waals surface area contributed by atoms with Crippen LogP contribution in [0.1, 0.15) is 17.0 Å². The molecular weight excluding hydrogens is 490 g/mol. The Labute approximate surface area is 235 Å². The van der Waals surface area contributed by atoms with Crippen LogP contribution in [0.5, 0.6) is 0 Å². The van der Waals surface area contributed by atoms with Crippen molar-refractivity contribution in [3.05, 3.63) is 175 Å². The predicted octanol–water partition coefficient (Wildman–Crippen LogP) is 7.48. The maximum Gasteiger partial charge on any atom is 0.165 e. The average Bonchev–Trinajstić information content (AvgIpc) is 3.53. The Morgan fingerprint density at radius 1 is 0.650 bits per heavy atom. The van der Waals surface area contributed by atoms with Crippen molar-refractivity contribution in [1.82, 2.24) is 9.55 Å². The van der Waals surface area contributed by atoms with Crippen molar-refractivity contribution >= 4 is 5.69 Å². The van der Waals surface area contributed by atoms with E-state index in [2.05, 4.69) is 65.6 Å². The summed E-state index contributed by atoms with van der Waals surface area (Å²) >= 11 is 0. The smallest absolute Gasteiger partial charge is 0.165 e. The van der Waals surface area contributed by atoms with Crippen LogP contribution >= 0.6 is 0 Å². The minimum Gasteiger partial charge on any atom is -0.375 e. The molecule has 1 heterocycles. The van der Waals surface area contributed by atoms with E-state index in [-0.39, 0.29) is 0 Å². The molecule has 0 aliphatic heterocycles. The molecule has 5 aromatic carbocycles. The molecule has 0 amide bonds. The highest BCUT2D eigenvalue weighted by molar-refractivity contribution is 5.73. The lowest BCUT2D eigenvalue weighted by atomic mass is 9.91. The molecule has 0 saturated carbocycles. The van der Waals surface area contributed by atoms with Crippen LogP contribution in [-0.4, -0.2) is 21.2 Å². The van der Waals surface area contributed by atoms with Gasteiger partial charge in [0.15, 0.2) is 11.4 Å². The van der Waals surface area contributed by atoms with E-state index in [1.807, 2.05) is 95.7 Å². The van der Waals surface area contributed by atoms with E-state index in [9.17, 15) is 5.11 Å². The third kappa shape index (κ3) is 5.18. The lowest BCUT2D eigenvalue weighted by molar-refractivity contribution is 0.0762. The average molecular weight is 522 g/mol. The Morgan fingerprint density at radius 3 is 1.93 bits per heavy atom. The van der Waals surface area contributed by atoms with Crippen LogP contribution < -0.4 is 4.90 Å². The van der Waals surface area contributed by atoms with Gasteiger partial charge >= 0.3 is 0 Å². The van der Waals surface area contributed by atoms with Crippen LogP contribution in [0.15, 0.2) is 158 Å². The lowest BCUT2D eigenvalue weighted by Crippen LogP contribution is -2.43. The summed E-state index contributed by atoms with van der Waals surface area (Å²) in [5.41, 5.74) is 4.71. The molecule has 4 heteroatoms. The van der Waals surface area contributed by atoms with Crippen molar-refractivity contribution in [2.45, 2.75) is 12.1 Å². The largest absolute Gasteiger partial charge is 0.375 e. The molecule has 0 radical (unpaired) electrons. The second-order valence-corrected chi connectivity index (χ2v) is 9.91. The van der Waals surface area contributed by atoms with Gasteiger partial charge in [-0.2, -0.15) is 0 Å². The number of benzene rings is 5. The first-order chi connectivity index (χ1) is 19.7. The van der Waals surface area contributed by atoms with Gasteiger partial charge in [-0.15, -0.1) is 0 Å². The molecule has 0 aliphatic rings. The minimum absolute atomic E-state index is 0.306. The molecule has 4 nitrogen and oxygen atoms in total. The monoisotopic (exact) mass is 521 g/mol. The van der Waals surface area contributed by atoms with Crippen LogP contribution in [0.2, 0.25) is 0 Å². The Morgan fingerprint density at radius 2 is 1.23 bits per heavy atom. The fourth-order valence-corrected chi connectivity index (χ4v) is 5.31. The van der Waals surface area contributed by atoms with E-state index >= 15 is 0 Å². The van der Waals surface area contributed by atoms with Gasteiger partial charge in [-0.3, -0.25) is 0 Å². The van der Waals surface area contributed by atoms with E-state index in [0.29, 0.717) is 18.9 Å². The van der Waals surface area contributed by atoms with Crippen LogP contribution in [0.4, 0.5) is 5.69 Å². The standard InChI is InChI=1S/C36H31N3O/c40-36(31-19-9-3-10-20-31,28-38(32-21-11-4-12-22-32)27-29-15-5-1-6-16-29)35-37-25-26-39(35)34-24-14-13-23-33(34)30-17-7-2-8-18-30/h1-26,40H,27-28H2. The third-order valence-corrected chi connectivity index (χ3v) is 7.27. The normalized spacial score (nSPS) is 12.5. The van der Waals surface area contributed by atoms with Crippen molar-refractivity contribution in [3.8, 4) is 16.8 Å². The summed E-state index contributed by atoms with van der Waals surface area (Å²) in [6, 6.07) is 49.1. The zero-order valence-corrected chi connectivity index (χ0v) is 22.2. The second-order valence-electron chi connectivity index (χ2n) is 9.91. The van der Waals surface area contributed by atoms with E-state index in [1.54, 1.807) is 6.20 Å². The lowest BCUT2D eigenvalue weighted by Gasteiger charge is -2.36. The van der Waals surface area contributed by atoms with Crippen LogP contribution in [0.3, 0.4) is 0 Å². The quantitative estimate of drug-likeness (QED) is 0.214. The highest BCUT2D eigenvalue weighted by Crippen LogP contribution is 2.35. The molecule has 0 bridgehead atoms. The number of hydrogen-bond donors (Lipinski definition) is 1. The summed E-state index contributed by atoms with van der Waals surface area (Å²) < 4.78 is 2.03. The van der Waals surface area contributed by atoms with Gasteiger partial charge < -0.3 is 14.6 Å². The van der Waals surface area contributed by atoms with E-state index in [0.717, 1.165) is 28.1 Å². The van der Waals surface area contributed by atoms with Gasteiger partial charge in [-0.1, -0.05) is 127 Å². The predicted molar refractivity (Wildman–Crippen MR) is 162 cm³/mol. The molecule has 1 aromatic heterocycles. The van der Waals surface area contributed by atoms with Crippen molar-refractivity contribution < 1.29 is 5.11 Å². The third-order valence-electron chi connectivity index (χ3n) is 7.27. The second kappa shape index (κ2) is 11.4. The first kappa shape index (κ1) is 25.4. The molecule has 0 fully saturated rings. The van der Waals surface area contributed by atoms with Crippen LogP contribution in [0, 0.1) is 0 Å². The van der Waals surface area contributed by atoms with E-state index in [4.69, 9.17) is 4.98 Å². The highest BCUT2D eigenvalue weighted by Gasteiger charge is 2.38. The zero-order chi connectivity index (χ0) is 27.2. The maximum absolute atomic E-state index is 12.8. The Hall–Kier alpha value is -4.93. The maximum atomic E-state index is 12.8. The van der Waals surface area contributed by atoms with Gasteiger partial charge in [0.2, 0.25) is 0 Å². The molecule has 1 unspecified atom stereocenters. The molecule has 1 atom stereocenters. The van der Waals surface area contributed by atoms with Crippen LogP contribution in [-0.2, 0) is 12.1 Å². The molecule has 0 saturated heterocycles. The van der Waals surface area contributed by atoms with Gasteiger partial charge in [0.1, 0.15) is 0 Å². The number of imidazole rings is 1. The van der Waals surface area contributed by atoms with Crippen molar-refractivity contribution in [3.63, 3.8) is 0 Å². The topological polar surface area (TPSA) is 41.3 Å². The van der Waals surface area contributed by atoms with Gasteiger partial charge in [-0.05, 0) is 34.9 Å². The van der Waals surface area contributed by atoms with Crippen molar-refractivity contribution in [1.29, 1.82) is 0 Å². The van der Waals surface area contributed by atoms with Gasteiger partial charge in [-0.25, -0.2) is 4.98 Å². The summed E-state index contributed by atoms with van der Waals surface area (Å²) in [5.74, 6) is 0.566. The molecule has 1 N–H and O–H groups in total. The van der Waals surface area contributed by atoms with Crippen molar-refractivity contribution in [2.75, 3.05) is 11.4 Å². The molecule has 6 aromatic rings. The number of para-hydroxylation sites is 2. The number of aliphatic hydroxyl groups is 1. The Bertz CT molecular complexity index is 1650. The van der Waals surface area contributed by atoms with E-state index < -0.39 is 5.60 Å². The Kier molecular flexibility index (Phi) is 7.25. The number of nitrogens with zero attached hydrogens (tertiary/aromatic N) is 3. The number of hydrogen-bond acceptors (Lipinski definition) is 3. The Balaban J connectivity index is 1.49. The summed E-state index contributed by atoms with van der Waals surface area (Å²) in [5, 5.41) is 12.8. The fourth-order valence-electron chi connectivity index (χ4n) is 5.31. The number of rotatable bonds is 9. The SMILES string of the molecule is OC(CN(Cc1ccccc1)c1ccccc1)(c1ccccc1)c1nccn1-c1ccccc1-c1ccccc1. The highest BCUT2D eigenvalue weighted by atomic mass is 16.3. The molecule has 40 heavy (non-hydrogen) atoms. The molecule has 0 aliphatic carbocycles. The molecule has 0 spiro atoms. The first-order valence-corrected chi connectivity index (χ1v) is 13.5. The van der Waals surface area contributed by atoms with Gasteiger partial charge in [0.25, 0.3) is 0 Å².